The Morgan fingerprint density at radius 1 is 0.941 bits per heavy atom. The molecule has 1 radical (unpaired) electrons. The van der Waals surface area contributed by atoms with Crippen LogP contribution in [0.3, 0.4) is 0 Å². The van der Waals surface area contributed by atoms with Crippen molar-refractivity contribution >= 4 is 0 Å². The SMILES string of the molecule is CC([O])(OCc1ccccc1)c1ccccc1. The molecular weight excluding hydrogens is 212 g/mol. The van der Waals surface area contributed by atoms with Crippen molar-refractivity contribution < 1.29 is 9.84 Å². The zero-order valence-electron chi connectivity index (χ0n) is 9.80. The van der Waals surface area contributed by atoms with Gasteiger partial charge in [-0.2, -0.15) is 5.11 Å². The third-order valence-electron chi connectivity index (χ3n) is 2.66. The molecule has 2 heteroatoms. The molecule has 1 unspecified atom stereocenters. The van der Waals surface area contributed by atoms with Crippen LogP contribution in [0.2, 0.25) is 0 Å². The van der Waals surface area contributed by atoms with Gasteiger partial charge in [0.2, 0.25) is 5.79 Å². The maximum atomic E-state index is 12.3. The van der Waals surface area contributed by atoms with Crippen molar-refractivity contribution in [2.75, 3.05) is 0 Å². The molecular formula is C15H15O2. The molecule has 0 aromatic heterocycles. The molecule has 0 saturated heterocycles. The van der Waals surface area contributed by atoms with E-state index in [0.29, 0.717) is 12.2 Å². The van der Waals surface area contributed by atoms with Crippen LogP contribution >= 0.6 is 0 Å². The second-order valence-electron chi connectivity index (χ2n) is 4.09. The predicted molar refractivity (Wildman–Crippen MR) is 65.7 cm³/mol. The number of hydrogen-bond acceptors (Lipinski definition) is 1. The van der Waals surface area contributed by atoms with Crippen molar-refractivity contribution in [2.45, 2.75) is 19.3 Å². The quantitative estimate of drug-likeness (QED) is 0.735. The first-order valence-corrected chi connectivity index (χ1v) is 5.62. The van der Waals surface area contributed by atoms with Gasteiger partial charge in [0.15, 0.2) is 0 Å². The molecule has 0 N–H and O–H groups in total. The van der Waals surface area contributed by atoms with E-state index < -0.39 is 5.79 Å². The summed E-state index contributed by atoms with van der Waals surface area (Å²) in [5.74, 6) is -1.50. The lowest BCUT2D eigenvalue weighted by atomic mass is 10.1. The molecule has 2 nitrogen and oxygen atoms in total. The minimum Gasteiger partial charge on any atom is -0.339 e. The Hall–Kier alpha value is -1.64. The Morgan fingerprint density at radius 2 is 1.47 bits per heavy atom. The minimum absolute atomic E-state index is 0.329. The van der Waals surface area contributed by atoms with Crippen LogP contribution < -0.4 is 0 Å². The Labute approximate surface area is 101 Å². The van der Waals surface area contributed by atoms with Gasteiger partial charge in [0.05, 0.1) is 6.61 Å². The lowest BCUT2D eigenvalue weighted by Crippen LogP contribution is -2.23. The van der Waals surface area contributed by atoms with Crippen LogP contribution in [0.15, 0.2) is 60.7 Å². The fourth-order valence-electron chi connectivity index (χ4n) is 1.62. The molecule has 0 amide bonds. The summed E-state index contributed by atoms with van der Waals surface area (Å²) in [5, 5.41) is 12.3. The molecule has 17 heavy (non-hydrogen) atoms. The number of hydrogen-bond donors (Lipinski definition) is 0. The monoisotopic (exact) mass is 227 g/mol. The smallest absolute Gasteiger partial charge is 0.225 e. The summed E-state index contributed by atoms with van der Waals surface area (Å²) in [6.07, 6.45) is 0. The minimum atomic E-state index is -1.50. The van der Waals surface area contributed by atoms with Crippen LogP contribution in [0.25, 0.3) is 0 Å². The number of rotatable bonds is 4. The van der Waals surface area contributed by atoms with E-state index in [2.05, 4.69) is 0 Å². The molecule has 2 rings (SSSR count). The molecule has 0 saturated carbocycles. The molecule has 0 aliphatic carbocycles. The molecule has 0 aliphatic heterocycles. The molecule has 0 fully saturated rings. The molecule has 87 valence electrons. The molecule has 0 aliphatic rings. The summed E-state index contributed by atoms with van der Waals surface area (Å²) in [6, 6.07) is 18.9. The van der Waals surface area contributed by atoms with Gasteiger partial charge in [0.25, 0.3) is 0 Å². The average Bonchev–Trinajstić information content (AvgIpc) is 2.39. The Morgan fingerprint density at radius 3 is 2.06 bits per heavy atom. The second kappa shape index (κ2) is 5.13. The standard InChI is InChI=1S/C15H15O2/c1-15(16,14-10-6-3-7-11-14)17-12-13-8-4-2-5-9-13/h2-11H,12H2,1H3. The van der Waals surface area contributed by atoms with Crippen molar-refractivity contribution in [2.24, 2.45) is 0 Å². The first-order valence-electron chi connectivity index (χ1n) is 5.62. The van der Waals surface area contributed by atoms with Gasteiger partial charge >= 0.3 is 0 Å². The van der Waals surface area contributed by atoms with Crippen molar-refractivity contribution in [3.8, 4) is 0 Å². The highest BCUT2D eigenvalue weighted by molar-refractivity contribution is 5.19. The van der Waals surface area contributed by atoms with E-state index in [1.165, 1.54) is 0 Å². The maximum absolute atomic E-state index is 12.3. The van der Waals surface area contributed by atoms with E-state index in [1.807, 2.05) is 48.5 Å². The van der Waals surface area contributed by atoms with Gasteiger partial charge in [-0.15, -0.1) is 0 Å². The van der Waals surface area contributed by atoms with Crippen LogP contribution in [0.4, 0.5) is 0 Å². The van der Waals surface area contributed by atoms with E-state index in [4.69, 9.17) is 4.74 Å². The van der Waals surface area contributed by atoms with E-state index in [0.717, 1.165) is 5.56 Å². The van der Waals surface area contributed by atoms with Crippen LogP contribution in [-0.4, -0.2) is 0 Å². The van der Waals surface area contributed by atoms with Crippen molar-refractivity contribution in [3.63, 3.8) is 0 Å². The van der Waals surface area contributed by atoms with Crippen LogP contribution in [0.1, 0.15) is 18.1 Å². The molecule has 0 spiro atoms. The van der Waals surface area contributed by atoms with Gasteiger partial charge in [0.1, 0.15) is 0 Å². The predicted octanol–water partition coefficient (Wildman–Crippen LogP) is 3.51. The van der Waals surface area contributed by atoms with Crippen molar-refractivity contribution in [1.29, 1.82) is 0 Å². The second-order valence-corrected chi connectivity index (χ2v) is 4.09. The third kappa shape index (κ3) is 3.16. The maximum Gasteiger partial charge on any atom is 0.225 e. The molecule has 0 bridgehead atoms. The Balaban J connectivity index is 2.03. The molecule has 0 heterocycles. The summed E-state index contributed by atoms with van der Waals surface area (Å²) in [7, 11) is 0. The summed E-state index contributed by atoms with van der Waals surface area (Å²) < 4.78 is 5.45. The number of benzene rings is 2. The molecule has 1 atom stereocenters. The Bertz CT molecular complexity index is 449. The lowest BCUT2D eigenvalue weighted by Gasteiger charge is -2.21. The van der Waals surface area contributed by atoms with Crippen LogP contribution in [0, 0.1) is 0 Å². The average molecular weight is 227 g/mol. The summed E-state index contributed by atoms with van der Waals surface area (Å²) in [5.41, 5.74) is 1.65. The first kappa shape index (κ1) is 11.8. The number of ether oxygens (including phenoxy) is 1. The topological polar surface area (TPSA) is 29.1 Å². The van der Waals surface area contributed by atoms with E-state index in [-0.39, 0.29) is 0 Å². The Kier molecular flexibility index (Phi) is 3.57. The van der Waals surface area contributed by atoms with Gasteiger partial charge in [-0.1, -0.05) is 60.7 Å². The summed E-state index contributed by atoms with van der Waals surface area (Å²) >= 11 is 0. The molecule has 2 aromatic rings. The molecule has 2 aromatic carbocycles. The van der Waals surface area contributed by atoms with E-state index >= 15 is 0 Å². The van der Waals surface area contributed by atoms with Crippen molar-refractivity contribution in [1.82, 2.24) is 0 Å². The highest BCUT2D eigenvalue weighted by atomic mass is 16.6. The summed E-state index contributed by atoms with van der Waals surface area (Å²) in [6.45, 7) is 1.88. The van der Waals surface area contributed by atoms with Crippen LogP contribution in [-0.2, 0) is 22.2 Å². The zero-order chi connectivity index (χ0) is 12.1. The van der Waals surface area contributed by atoms with Gasteiger partial charge in [-0.3, -0.25) is 0 Å². The van der Waals surface area contributed by atoms with Crippen LogP contribution in [0.5, 0.6) is 0 Å². The van der Waals surface area contributed by atoms with Gasteiger partial charge in [-0.05, 0) is 12.5 Å². The third-order valence-corrected chi connectivity index (χ3v) is 2.66. The fraction of sp³-hybridized carbons (Fsp3) is 0.200. The lowest BCUT2D eigenvalue weighted by molar-refractivity contribution is -0.244. The fourth-order valence-corrected chi connectivity index (χ4v) is 1.62. The first-order chi connectivity index (χ1) is 8.18. The highest BCUT2D eigenvalue weighted by Crippen LogP contribution is 2.23. The highest BCUT2D eigenvalue weighted by Gasteiger charge is 2.25. The normalized spacial score (nSPS) is 14.2. The summed E-state index contributed by atoms with van der Waals surface area (Å²) in [4.78, 5) is 0. The largest absolute Gasteiger partial charge is 0.339 e. The van der Waals surface area contributed by atoms with E-state index in [1.54, 1.807) is 19.1 Å². The van der Waals surface area contributed by atoms with E-state index in [9.17, 15) is 5.11 Å². The van der Waals surface area contributed by atoms with Gasteiger partial charge < -0.3 is 4.74 Å². The van der Waals surface area contributed by atoms with Gasteiger partial charge in [-0.25, -0.2) is 0 Å². The van der Waals surface area contributed by atoms with Gasteiger partial charge in [0, 0.05) is 5.56 Å². The van der Waals surface area contributed by atoms with Crippen molar-refractivity contribution in [3.05, 3.63) is 71.8 Å². The zero-order valence-corrected chi connectivity index (χ0v) is 9.80.